The summed E-state index contributed by atoms with van der Waals surface area (Å²) in [7, 11) is 0. The van der Waals surface area contributed by atoms with Crippen LogP contribution in [0.3, 0.4) is 0 Å². The fourth-order valence-corrected chi connectivity index (χ4v) is 1.63. The van der Waals surface area contributed by atoms with Crippen molar-refractivity contribution in [3.8, 4) is 0 Å². The molecule has 1 heterocycles. The van der Waals surface area contributed by atoms with Crippen molar-refractivity contribution in [3.05, 3.63) is 11.6 Å². The standard InChI is InChI=1S/C11H18N2O3/c1-9-4-3-7-13(8-9)11(16)12-6-2-5-10(14)15/h4H,2-3,5-8H2,1H3,(H,12,16)(H,14,15). The molecule has 1 aliphatic heterocycles. The number of carbonyl (C=O) groups excluding carboxylic acids is 1. The Morgan fingerprint density at radius 1 is 1.56 bits per heavy atom. The molecule has 0 spiro atoms. The molecule has 0 radical (unpaired) electrons. The summed E-state index contributed by atoms with van der Waals surface area (Å²) < 4.78 is 0. The van der Waals surface area contributed by atoms with Crippen molar-refractivity contribution in [2.45, 2.75) is 26.2 Å². The smallest absolute Gasteiger partial charge is 0.317 e. The third kappa shape index (κ3) is 4.33. The van der Waals surface area contributed by atoms with E-state index >= 15 is 0 Å². The van der Waals surface area contributed by atoms with Crippen LogP contribution in [0.25, 0.3) is 0 Å². The van der Waals surface area contributed by atoms with Gasteiger partial charge >= 0.3 is 12.0 Å². The van der Waals surface area contributed by atoms with Crippen LogP contribution in [-0.4, -0.2) is 41.6 Å². The molecule has 0 aromatic heterocycles. The molecule has 0 aliphatic carbocycles. The zero-order chi connectivity index (χ0) is 12.0. The summed E-state index contributed by atoms with van der Waals surface area (Å²) in [5.41, 5.74) is 1.20. The van der Waals surface area contributed by atoms with Gasteiger partial charge in [0, 0.05) is 26.1 Å². The minimum Gasteiger partial charge on any atom is -0.481 e. The first-order valence-corrected chi connectivity index (χ1v) is 5.50. The Labute approximate surface area is 95.1 Å². The van der Waals surface area contributed by atoms with Crippen LogP contribution in [0.1, 0.15) is 26.2 Å². The first kappa shape index (κ1) is 12.5. The molecule has 0 bridgehead atoms. The van der Waals surface area contributed by atoms with Gasteiger partial charge in [-0.3, -0.25) is 4.79 Å². The Kier molecular flexibility index (Phi) is 4.82. The molecule has 0 atom stereocenters. The molecular formula is C11H18N2O3. The number of nitrogens with zero attached hydrogens (tertiary/aromatic N) is 1. The van der Waals surface area contributed by atoms with Crippen molar-refractivity contribution in [2.75, 3.05) is 19.6 Å². The molecule has 0 saturated heterocycles. The first-order valence-electron chi connectivity index (χ1n) is 5.50. The van der Waals surface area contributed by atoms with Gasteiger partial charge in [-0.1, -0.05) is 11.6 Å². The number of hydrogen-bond donors (Lipinski definition) is 2. The van der Waals surface area contributed by atoms with Gasteiger partial charge in [-0.05, 0) is 19.8 Å². The number of aliphatic carboxylic acids is 1. The van der Waals surface area contributed by atoms with Crippen LogP contribution in [0.5, 0.6) is 0 Å². The second-order valence-corrected chi connectivity index (χ2v) is 3.99. The predicted molar refractivity (Wildman–Crippen MR) is 60.2 cm³/mol. The molecule has 1 aliphatic rings. The molecule has 16 heavy (non-hydrogen) atoms. The molecule has 5 heteroatoms. The summed E-state index contributed by atoms with van der Waals surface area (Å²) in [6.07, 6.45) is 3.60. The van der Waals surface area contributed by atoms with Crippen LogP contribution in [0.2, 0.25) is 0 Å². The van der Waals surface area contributed by atoms with E-state index in [-0.39, 0.29) is 12.5 Å². The third-order valence-corrected chi connectivity index (χ3v) is 2.46. The summed E-state index contributed by atoms with van der Waals surface area (Å²) in [5, 5.41) is 11.2. The van der Waals surface area contributed by atoms with Gasteiger partial charge in [0.1, 0.15) is 0 Å². The summed E-state index contributed by atoms with van der Waals surface area (Å²) >= 11 is 0. The fourth-order valence-electron chi connectivity index (χ4n) is 1.63. The van der Waals surface area contributed by atoms with Crippen LogP contribution in [0.15, 0.2) is 11.6 Å². The fraction of sp³-hybridized carbons (Fsp3) is 0.636. The lowest BCUT2D eigenvalue weighted by Gasteiger charge is -2.26. The highest BCUT2D eigenvalue weighted by Crippen LogP contribution is 2.08. The molecule has 0 aromatic rings. The van der Waals surface area contributed by atoms with E-state index in [0.29, 0.717) is 19.5 Å². The first-order chi connectivity index (χ1) is 7.59. The van der Waals surface area contributed by atoms with Crippen LogP contribution in [0.4, 0.5) is 4.79 Å². The monoisotopic (exact) mass is 226 g/mol. The van der Waals surface area contributed by atoms with E-state index in [1.165, 1.54) is 5.57 Å². The average Bonchev–Trinajstić information content (AvgIpc) is 2.24. The molecule has 1 rings (SSSR count). The van der Waals surface area contributed by atoms with Crippen LogP contribution in [0, 0.1) is 0 Å². The van der Waals surface area contributed by atoms with E-state index in [1.807, 2.05) is 6.92 Å². The van der Waals surface area contributed by atoms with Crippen molar-refractivity contribution >= 4 is 12.0 Å². The van der Waals surface area contributed by atoms with Gasteiger partial charge in [-0.25, -0.2) is 4.79 Å². The zero-order valence-electron chi connectivity index (χ0n) is 9.53. The normalized spacial score (nSPS) is 15.6. The van der Waals surface area contributed by atoms with Gasteiger partial charge in [0.2, 0.25) is 0 Å². The van der Waals surface area contributed by atoms with Gasteiger partial charge in [0.15, 0.2) is 0 Å². The highest BCUT2D eigenvalue weighted by atomic mass is 16.4. The van der Waals surface area contributed by atoms with Crippen molar-refractivity contribution < 1.29 is 14.7 Å². The molecular weight excluding hydrogens is 208 g/mol. The number of nitrogens with one attached hydrogen (secondary N) is 1. The highest BCUT2D eigenvalue weighted by molar-refractivity contribution is 5.74. The summed E-state index contributed by atoms with van der Waals surface area (Å²) in [5.74, 6) is -0.828. The molecule has 90 valence electrons. The van der Waals surface area contributed by atoms with Gasteiger partial charge < -0.3 is 15.3 Å². The molecule has 5 nitrogen and oxygen atoms in total. The van der Waals surface area contributed by atoms with Gasteiger partial charge in [0.25, 0.3) is 0 Å². The summed E-state index contributed by atoms with van der Waals surface area (Å²) in [6.45, 7) is 3.83. The quantitative estimate of drug-likeness (QED) is 0.559. The van der Waals surface area contributed by atoms with Crippen LogP contribution in [-0.2, 0) is 4.79 Å². The molecule has 0 aromatic carbocycles. The lowest BCUT2D eigenvalue weighted by molar-refractivity contribution is -0.137. The highest BCUT2D eigenvalue weighted by Gasteiger charge is 2.15. The van der Waals surface area contributed by atoms with Gasteiger partial charge in [-0.15, -0.1) is 0 Å². The minimum absolute atomic E-state index is 0.0964. The van der Waals surface area contributed by atoms with E-state index < -0.39 is 5.97 Å². The Morgan fingerprint density at radius 2 is 2.31 bits per heavy atom. The summed E-state index contributed by atoms with van der Waals surface area (Å²) in [6, 6.07) is -0.0992. The Hall–Kier alpha value is -1.52. The Balaban J connectivity index is 2.20. The molecule has 0 fully saturated rings. The topological polar surface area (TPSA) is 69.6 Å². The van der Waals surface area contributed by atoms with Crippen molar-refractivity contribution in [2.24, 2.45) is 0 Å². The number of urea groups is 1. The maximum atomic E-state index is 11.6. The lowest BCUT2D eigenvalue weighted by atomic mass is 10.1. The predicted octanol–water partition coefficient (Wildman–Crippen LogP) is 1.21. The van der Waals surface area contributed by atoms with E-state index in [4.69, 9.17) is 5.11 Å². The average molecular weight is 226 g/mol. The van der Waals surface area contributed by atoms with E-state index in [2.05, 4.69) is 11.4 Å². The van der Waals surface area contributed by atoms with Crippen molar-refractivity contribution in [3.63, 3.8) is 0 Å². The van der Waals surface area contributed by atoms with Gasteiger partial charge in [-0.2, -0.15) is 0 Å². The van der Waals surface area contributed by atoms with E-state index in [1.54, 1.807) is 4.90 Å². The second-order valence-electron chi connectivity index (χ2n) is 3.99. The lowest BCUT2D eigenvalue weighted by Crippen LogP contribution is -2.42. The third-order valence-electron chi connectivity index (χ3n) is 2.46. The SMILES string of the molecule is CC1=CCCN(C(=O)NCCCC(=O)O)C1. The molecule has 2 N–H and O–H groups in total. The van der Waals surface area contributed by atoms with Crippen molar-refractivity contribution in [1.82, 2.24) is 10.2 Å². The largest absolute Gasteiger partial charge is 0.481 e. The number of carboxylic acids is 1. The maximum Gasteiger partial charge on any atom is 0.317 e. The van der Waals surface area contributed by atoms with Crippen molar-refractivity contribution in [1.29, 1.82) is 0 Å². The molecule has 2 amide bonds. The Morgan fingerprint density at radius 3 is 2.94 bits per heavy atom. The minimum atomic E-state index is -0.828. The zero-order valence-corrected chi connectivity index (χ0v) is 9.53. The number of hydrogen-bond acceptors (Lipinski definition) is 2. The number of carboxylic acid groups (broad SMARTS) is 1. The molecule has 0 unspecified atom stereocenters. The second kappa shape index (κ2) is 6.15. The number of amides is 2. The Bertz CT molecular complexity index is 300. The number of carbonyl (C=O) groups is 2. The van der Waals surface area contributed by atoms with E-state index in [9.17, 15) is 9.59 Å². The summed E-state index contributed by atoms with van der Waals surface area (Å²) in [4.78, 5) is 23.6. The number of rotatable bonds is 4. The maximum absolute atomic E-state index is 11.6. The van der Waals surface area contributed by atoms with Gasteiger partial charge in [0.05, 0.1) is 0 Å². The van der Waals surface area contributed by atoms with Crippen LogP contribution >= 0.6 is 0 Å². The van der Waals surface area contributed by atoms with E-state index in [0.717, 1.165) is 13.0 Å². The molecule has 0 saturated carbocycles. The van der Waals surface area contributed by atoms with Crippen LogP contribution < -0.4 is 5.32 Å².